The van der Waals surface area contributed by atoms with Crippen molar-refractivity contribution < 1.29 is 27.5 Å². The lowest BCUT2D eigenvalue weighted by Crippen LogP contribution is -2.56. The van der Waals surface area contributed by atoms with Crippen molar-refractivity contribution >= 4 is 43.5 Å². The zero-order valence-corrected chi connectivity index (χ0v) is 20.8. The van der Waals surface area contributed by atoms with Crippen molar-refractivity contribution in [1.29, 1.82) is 0 Å². The third-order valence-corrected chi connectivity index (χ3v) is 10.3. The van der Waals surface area contributed by atoms with Crippen molar-refractivity contribution in [3.63, 3.8) is 0 Å². The first-order valence-corrected chi connectivity index (χ1v) is 13.7. The van der Waals surface area contributed by atoms with Crippen molar-refractivity contribution in [3.8, 4) is 0 Å². The molecule has 4 aliphatic carbocycles. The monoisotopic (exact) mass is 540 g/mol. The number of alkyl halides is 1. The Kier molecular flexibility index (Phi) is 6.08. The van der Waals surface area contributed by atoms with Gasteiger partial charge in [0.05, 0.1) is 23.5 Å². The quantitative estimate of drug-likeness (QED) is 0.439. The molecule has 1 saturated heterocycles. The highest BCUT2D eigenvalue weighted by atomic mass is 79.9. The van der Waals surface area contributed by atoms with Gasteiger partial charge in [-0.05, 0) is 68.6 Å². The second-order valence-electron chi connectivity index (χ2n) is 10.1. The lowest BCUT2D eigenvalue weighted by molar-refractivity contribution is -0.170. The van der Waals surface area contributed by atoms with E-state index in [9.17, 15) is 18.0 Å². The first-order chi connectivity index (χ1) is 15.7. The van der Waals surface area contributed by atoms with Gasteiger partial charge in [0.25, 0.3) is 5.91 Å². The van der Waals surface area contributed by atoms with Crippen LogP contribution in [0, 0.1) is 17.3 Å². The molecule has 8 nitrogen and oxygen atoms in total. The number of rotatable bonds is 6. The fourth-order valence-electron chi connectivity index (χ4n) is 6.54. The van der Waals surface area contributed by atoms with Crippen LogP contribution in [0.25, 0.3) is 0 Å². The molecule has 1 amide bonds. The average Bonchev–Trinajstić information content (AvgIpc) is 2.76. The minimum absolute atomic E-state index is 0.0325. The van der Waals surface area contributed by atoms with E-state index in [1.54, 1.807) is 12.1 Å². The number of amides is 1. The summed E-state index contributed by atoms with van der Waals surface area (Å²) < 4.78 is 37.8. The summed E-state index contributed by atoms with van der Waals surface area (Å²) in [7, 11) is -3.67. The van der Waals surface area contributed by atoms with E-state index in [4.69, 9.17) is 9.47 Å². The normalized spacial score (nSPS) is 33.6. The van der Waals surface area contributed by atoms with Gasteiger partial charge in [0.15, 0.2) is 6.61 Å². The summed E-state index contributed by atoms with van der Waals surface area (Å²) in [6.07, 6.45) is 5.88. The molecule has 180 valence electrons. The van der Waals surface area contributed by atoms with E-state index in [-0.39, 0.29) is 21.8 Å². The second kappa shape index (κ2) is 8.62. The molecule has 10 heteroatoms. The lowest BCUT2D eigenvalue weighted by atomic mass is 9.49. The Hall–Kier alpha value is -1.49. The summed E-state index contributed by atoms with van der Waals surface area (Å²) in [6, 6.07) is 6.13. The summed E-state index contributed by atoms with van der Waals surface area (Å²) in [5.74, 6) is 0.327. The molecule has 1 N–H and O–H groups in total. The summed E-state index contributed by atoms with van der Waals surface area (Å²) >= 11 is 3.89. The molecular weight excluding hydrogens is 512 g/mol. The molecule has 0 radical (unpaired) electrons. The Labute approximate surface area is 202 Å². The Morgan fingerprint density at radius 1 is 1.15 bits per heavy atom. The molecule has 5 fully saturated rings. The van der Waals surface area contributed by atoms with Crippen molar-refractivity contribution in [3.05, 3.63) is 24.3 Å². The molecule has 1 heterocycles. The number of hydrogen-bond acceptors (Lipinski definition) is 6. The minimum atomic E-state index is -3.67. The first-order valence-electron chi connectivity index (χ1n) is 11.5. The Morgan fingerprint density at radius 3 is 2.52 bits per heavy atom. The van der Waals surface area contributed by atoms with Crippen LogP contribution in [0.4, 0.5) is 5.69 Å². The zero-order valence-electron chi connectivity index (χ0n) is 18.4. The highest BCUT2D eigenvalue weighted by Crippen LogP contribution is 2.64. The molecule has 0 unspecified atom stereocenters. The molecule has 1 aromatic rings. The van der Waals surface area contributed by atoms with Crippen molar-refractivity contribution in [2.45, 2.75) is 47.7 Å². The maximum absolute atomic E-state index is 13.0. The van der Waals surface area contributed by atoms with Crippen molar-refractivity contribution in [2.75, 3.05) is 38.2 Å². The number of ether oxygens (including phenoxy) is 2. The maximum Gasteiger partial charge on any atom is 0.312 e. The standard InChI is InChI=1S/C23H29BrN2O6S/c24-23-12-16-8-17(13-23)11-22(10-16,15-23)21(28)32-14-20(27)25-18-2-1-3-19(9-18)33(29,30)26-4-6-31-7-5-26/h1-3,9,16-17H,4-8,10-15H2,(H,25,27)/t16-,17-,22?,23?/m1/s1. The lowest BCUT2D eigenvalue weighted by Gasteiger charge is -2.58. The molecule has 0 aromatic heterocycles. The van der Waals surface area contributed by atoms with Gasteiger partial charge in [-0.1, -0.05) is 22.0 Å². The molecule has 6 rings (SSSR count). The summed E-state index contributed by atoms with van der Waals surface area (Å²) in [5, 5.41) is 2.66. The van der Waals surface area contributed by atoms with E-state index >= 15 is 0 Å². The van der Waals surface area contributed by atoms with Gasteiger partial charge in [-0.15, -0.1) is 0 Å². The highest BCUT2D eigenvalue weighted by molar-refractivity contribution is 9.10. The van der Waals surface area contributed by atoms with Crippen LogP contribution in [0.1, 0.15) is 38.5 Å². The molecular formula is C23H29BrN2O6S. The van der Waals surface area contributed by atoms with Crippen LogP contribution in [0.3, 0.4) is 0 Å². The molecule has 4 saturated carbocycles. The number of nitrogens with zero attached hydrogens (tertiary/aromatic N) is 1. The van der Waals surface area contributed by atoms with Gasteiger partial charge >= 0.3 is 5.97 Å². The predicted octanol–water partition coefficient (Wildman–Crippen LogP) is 2.92. The van der Waals surface area contributed by atoms with E-state index < -0.39 is 21.3 Å². The molecule has 0 spiro atoms. The largest absolute Gasteiger partial charge is 0.455 e. The summed E-state index contributed by atoms with van der Waals surface area (Å²) in [6.45, 7) is 0.939. The number of sulfonamides is 1. The van der Waals surface area contributed by atoms with Crippen LogP contribution >= 0.6 is 15.9 Å². The number of anilines is 1. The summed E-state index contributed by atoms with van der Waals surface area (Å²) in [4.78, 5) is 25.6. The van der Waals surface area contributed by atoms with Crippen LogP contribution in [0.5, 0.6) is 0 Å². The molecule has 1 aromatic carbocycles. The number of nitrogens with one attached hydrogen (secondary N) is 1. The maximum atomic E-state index is 13.0. The van der Waals surface area contributed by atoms with Gasteiger partial charge in [0.1, 0.15) is 0 Å². The topological polar surface area (TPSA) is 102 Å². The number of esters is 1. The van der Waals surface area contributed by atoms with E-state index in [2.05, 4.69) is 21.2 Å². The molecule has 1 aliphatic heterocycles. The number of carbonyl (C=O) groups is 2. The van der Waals surface area contributed by atoms with Gasteiger partial charge < -0.3 is 14.8 Å². The van der Waals surface area contributed by atoms with E-state index in [0.29, 0.717) is 43.8 Å². The number of carbonyl (C=O) groups excluding carboxylic acids is 2. The smallest absolute Gasteiger partial charge is 0.312 e. The van der Waals surface area contributed by atoms with Crippen LogP contribution in [-0.2, 0) is 29.1 Å². The van der Waals surface area contributed by atoms with Gasteiger partial charge in [-0.3, -0.25) is 9.59 Å². The van der Waals surface area contributed by atoms with Crippen LogP contribution in [-0.4, -0.2) is 61.8 Å². The highest BCUT2D eigenvalue weighted by Gasteiger charge is 2.60. The first kappa shape index (κ1) is 23.3. The SMILES string of the molecule is O=C(COC(=O)C12C[C@H]3C[C@@H](CC(Br)(C3)C1)C2)Nc1cccc(S(=O)(=O)N2CCOCC2)c1. The Balaban J connectivity index is 1.20. The van der Waals surface area contributed by atoms with E-state index in [1.807, 2.05) is 0 Å². The van der Waals surface area contributed by atoms with Crippen molar-refractivity contribution in [1.82, 2.24) is 4.31 Å². The fourth-order valence-corrected chi connectivity index (χ4v) is 9.45. The third-order valence-electron chi connectivity index (χ3n) is 7.48. The van der Waals surface area contributed by atoms with E-state index in [1.165, 1.54) is 22.9 Å². The fraction of sp³-hybridized carbons (Fsp3) is 0.652. The predicted molar refractivity (Wildman–Crippen MR) is 124 cm³/mol. The minimum Gasteiger partial charge on any atom is -0.455 e. The average molecular weight is 541 g/mol. The zero-order chi connectivity index (χ0) is 23.3. The van der Waals surface area contributed by atoms with Crippen molar-refractivity contribution in [2.24, 2.45) is 17.3 Å². The van der Waals surface area contributed by atoms with Gasteiger partial charge in [0.2, 0.25) is 10.0 Å². The van der Waals surface area contributed by atoms with E-state index in [0.717, 1.165) is 32.1 Å². The second-order valence-corrected chi connectivity index (χ2v) is 13.7. The van der Waals surface area contributed by atoms with Crippen LogP contribution < -0.4 is 5.32 Å². The Bertz CT molecular complexity index is 1040. The summed E-state index contributed by atoms with van der Waals surface area (Å²) in [5.41, 5.74) is -0.139. The molecule has 5 aliphatic rings. The Morgan fingerprint density at radius 2 is 1.85 bits per heavy atom. The van der Waals surface area contributed by atoms with Gasteiger partial charge in [-0.25, -0.2) is 8.42 Å². The number of benzene rings is 1. The number of hydrogen-bond donors (Lipinski definition) is 1. The van der Waals surface area contributed by atoms with Crippen LogP contribution in [0.15, 0.2) is 29.2 Å². The number of morpholine rings is 1. The molecule has 2 atom stereocenters. The van der Waals surface area contributed by atoms with Gasteiger partial charge in [-0.2, -0.15) is 4.31 Å². The van der Waals surface area contributed by atoms with Crippen LogP contribution in [0.2, 0.25) is 0 Å². The van der Waals surface area contributed by atoms with Gasteiger partial charge in [0, 0.05) is 23.1 Å². The third kappa shape index (κ3) is 4.59. The number of halogens is 1. The molecule has 33 heavy (non-hydrogen) atoms. The molecule has 4 bridgehead atoms.